The van der Waals surface area contributed by atoms with Gasteiger partial charge >= 0.3 is 0 Å². The van der Waals surface area contributed by atoms with E-state index in [0.717, 1.165) is 29.6 Å². The van der Waals surface area contributed by atoms with Crippen molar-refractivity contribution in [3.05, 3.63) is 0 Å². The van der Waals surface area contributed by atoms with Crippen molar-refractivity contribution in [3.63, 3.8) is 0 Å². The second-order valence-electron chi connectivity index (χ2n) is 7.18. The van der Waals surface area contributed by atoms with Gasteiger partial charge in [0.05, 0.1) is 0 Å². The van der Waals surface area contributed by atoms with E-state index in [1.165, 1.54) is 32.1 Å². The molecule has 17 heavy (non-hydrogen) atoms. The first kappa shape index (κ1) is 12.1. The minimum absolute atomic E-state index is 1.12. The Morgan fingerprint density at radius 3 is 1.94 bits per heavy atom. The molecule has 0 saturated heterocycles. The first-order valence-corrected chi connectivity index (χ1v) is 8.38. The molecule has 0 N–H and O–H groups in total. The van der Waals surface area contributed by atoms with Gasteiger partial charge in [-0.1, -0.05) is 64.7 Å². The molecule has 3 aliphatic carbocycles. The van der Waals surface area contributed by atoms with E-state index in [1.54, 1.807) is 38.5 Å². The number of hydrogen-bond acceptors (Lipinski definition) is 0. The molecule has 0 aromatic rings. The second kappa shape index (κ2) is 5.33. The smallest absolute Gasteiger partial charge is 0.0357 e. The Morgan fingerprint density at radius 1 is 0.824 bits per heavy atom. The number of fused-ring (bicyclic) bond motifs is 1. The zero-order valence-corrected chi connectivity index (χ0v) is 11.7. The average molecular weight is 234 g/mol. The predicted octanol–water partition coefficient (Wildman–Crippen LogP) is 5.42. The molecular formula is C17H30. The average Bonchev–Trinajstić information content (AvgIpc) is 2.69. The third-order valence-electron chi connectivity index (χ3n) is 6.26. The fourth-order valence-corrected chi connectivity index (χ4v) is 5.19. The summed E-state index contributed by atoms with van der Waals surface area (Å²) >= 11 is 0. The van der Waals surface area contributed by atoms with E-state index in [0.29, 0.717) is 0 Å². The van der Waals surface area contributed by atoms with Crippen LogP contribution in [0, 0.1) is 29.6 Å². The number of hydrogen-bond donors (Lipinski definition) is 0. The van der Waals surface area contributed by atoms with E-state index < -0.39 is 0 Å². The highest BCUT2D eigenvalue weighted by Gasteiger charge is 2.41. The maximum atomic E-state index is 2.40. The van der Waals surface area contributed by atoms with E-state index in [4.69, 9.17) is 0 Å². The summed E-state index contributed by atoms with van der Waals surface area (Å²) < 4.78 is 0. The van der Waals surface area contributed by atoms with Gasteiger partial charge in [0.25, 0.3) is 0 Å². The molecule has 3 saturated carbocycles. The molecule has 3 rings (SSSR count). The lowest BCUT2D eigenvalue weighted by Gasteiger charge is -2.37. The summed E-state index contributed by atoms with van der Waals surface area (Å²) in [5.41, 5.74) is 0. The van der Waals surface area contributed by atoms with Crippen molar-refractivity contribution in [1.82, 2.24) is 0 Å². The van der Waals surface area contributed by atoms with Crippen LogP contribution in [0.5, 0.6) is 0 Å². The first-order valence-electron chi connectivity index (χ1n) is 8.38. The van der Waals surface area contributed by atoms with Crippen LogP contribution < -0.4 is 0 Å². The van der Waals surface area contributed by atoms with Gasteiger partial charge in [-0.15, -0.1) is 0 Å². The van der Waals surface area contributed by atoms with Gasteiger partial charge in [0.1, 0.15) is 0 Å². The van der Waals surface area contributed by atoms with Gasteiger partial charge in [-0.25, -0.2) is 0 Å². The van der Waals surface area contributed by atoms with E-state index in [9.17, 15) is 0 Å². The molecule has 0 spiro atoms. The van der Waals surface area contributed by atoms with E-state index >= 15 is 0 Å². The molecule has 3 fully saturated rings. The first-order chi connectivity index (χ1) is 8.38. The maximum Gasteiger partial charge on any atom is -0.0357 e. The van der Waals surface area contributed by atoms with Gasteiger partial charge in [0.2, 0.25) is 0 Å². The van der Waals surface area contributed by atoms with Crippen molar-refractivity contribution < 1.29 is 0 Å². The van der Waals surface area contributed by atoms with Gasteiger partial charge in [-0.05, 0) is 42.4 Å². The summed E-state index contributed by atoms with van der Waals surface area (Å²) in [7, 11) is 0. The molecule has 3 aliphatic rings. The predicted molar refractivity (Wildman–Crippen MR) is 73.9 cm³/mol. The molecule has 3 atom stereocenters. The normalized spacial score (nSPS) is 39.7. The Labute approximate surface area is 108 Å². The molecule has 0 aromatic heterocycles. The molecule has 0 aliphatic heterocycles. The van der Waals surface area contributed by atoms with Crippen LogP contribution in [0.15, 0.2) is 0 Å². The van der Waals surface area contributed by atoms with Crippen LogP contribution in [0.1, 0.15) is 77.6 Å². The third kappa shape index (κ3) is 2.42. The SMILES string of the molecule is CCCC(C1CCC1)C1CC2CCCCC2C1. The highest BCUT2D eigenvalue weighted by Crippen LogP contribution is 2.52. The van der Waals surface area contributed by atoms with Crippen molar-refractivity contribution in [2.24, 2.45) is 29.6 Å². The van der Waals surface area contributed by atoms with E-state index in [2.05, 4.69) is 6.92 Å². The van der Waals surface area contributed by atoms with Crippen LogP contribution in [-0.2, 0) is 0 Å². The molecular weight excluding hydrogens is 204 g/mol. The quantitative estimate of drug-likeness (QED) is 0.609. The molecule has 0 amide bonds. The second-order valence-corrected chi connectivity index (χ2v) is 7.18. The molecule has 0 nitrogen and oxygen atoms in total. The van der Waals surface area contributed by atoms with Crippen LogP contribution in [0.2, 0.25) is 0 Å². The lowest BCUT2D eigenvalue weighted by atomic mass is 9.68. The topological polar surface area (TPSA) is 0 Å². The summed E-state index contributed by atoms with van der Waals surface area (Å²) in [6.45, 7) is 2.40. The Balaban J connectivity index is 1.61. The Hall–Kier alpha value is 0. The Bertz CT molecular complexity index is 226. The lowest BCUT2D eigenvalue weighted by Crippen LogP contribution is -2.27. The fourth-order valence-electron chi connectivity index (χ4n) is 5.19. The fraction of sp³-hybridized carbons (Fsp3) is 1.00. The van der Waals surface area contributed by atoms with Crippen LogP contribution in [0.25, 0.3) is 0 Å². The Kier molecular flexibility index (Phi) is 3.78. The van der Waals surface area contributed by atoms with Crippen molar-refractivity contribution >= 4 is 0 Å². The third-order valence-corrected chi connectivity index (χ3v) is 6.26. The van der Waals surface area contributed by atoms with E-state index in [-0.39, 0.29) is 0 Å². The molecule has 0 bridgehead atoms. The summed E-state index contributed by atoms with van der Waals surface area (Å²) in [5.74, 6) is 5.69. The molecule has 0 heteroatoms. The maximum absolute atomic E-state index is 2.40. The van der Waals surface area contributed by atoms with Crippen molar-refractivity contribution in [1.29, 1.82) is 0 Å². The zero-order valence-electron chi connectivity index (χ0n) is 11.7. The van der Waals surface area contributed by atoms with Gasteiger partial charge in [-0.2, -0.15) is 0 Å². The molecule has 0 heterocycles. The summed E-state index contributed by atoms with van der Waals surface area (Å²) in [5, 5.41) is 0. The van der Waals surface area contributed by atoms with Crippen molar-refractivity contribution in [3.8, 4) is 0 Å². The molecule has 3 unspecified atom stereocenters. The van der Waals surface area contributed by atoms with Crippen LogP contribution in [-0.4, -0.2) is 0 Å². The highest BCUT2D eigenvalue weighted by atomic mass is 14.5. The minimum Gasteiger partial charge on any atom is -0.0654 e. The largest absolute Gasteiger partial charge is 0.0654 e. The van der Waals surface area contributed by atoms with Gasteiger partial charge in [0, 0.05) is 0 Å². The highest BCUT2D eigenvalue weighted by molar-refractivity contribution is 4.92. The van der Waals surface area contributed by atoms with Gasteiger partial charge in [-0.3, -0.25) is 0 Å². The lowest BCUT2D eigenvalue weighted by molar-refractivity contribution is 0.131. The number of rotatable bonds is 4. The molecule has 98 valence electrons. The van der Waals surface area contributed by atoms with Crippen LogP contribution in [0.3, 0.4) is 0 Å². The van der Waals surface area contributed by atoms with Gasteiger partial charge in [0.15, 0.2) is 0 Å². The summed E-state index contributed by atoms with van der Waals surface area (Å²) in [6, 6.07) is 0. The summed E-state index contributed by atoms with van der Waals surface area (Å²) in [6.07, 6.45) is 17.1. The molecule has 0 aromatic carbocycles. The summed E-state index contributed by atoms with van der Waals surface area (Å²) in [4.78, 5) is 0. The van der Waals surface area contributed by atoms with E-state index in [1.807, 2.05) is 0 Å². The minimum atomic E-state index is 1.12. The zero-order chi connectivity index (χ0) is 11.7. The van der Waals surface area contributed by atoms with Crippen LogP contribution in [0.4, 0.5) is 0 Å². The van der Waals surface area contributed by atoms with Crippen LogP contribution >= 0.6 is 0 Å². The monoisotopic (exact) mass is 234 g/mol. The standard InChI is InChI=1S/C17H30/c1-2-6-17(13-9-5-10-13)16-11-14-7-3-4-8-15(14)12-16/h13-17H,2-12H2,1H3. The van der Waals surface area contributed by atoms with Crippen molar-refractivity contribution in [2.75, 3.05) is 0 Å². The van der Waals surface area contributed by atoms with Gasteiger partial charge < -0.3 is 0 Å². The molecule has 0 radical (unpaired) electrons. The Morgan fingerprint density at radius 2 is 1.47 bits per heavy atom. The van der Waals surface area contributed by atoms with Crippen molar-refractivity contribution in [2.45, 2.75) is 77.6 Å².